The van der Waals surface area contributed by atoms with E-state index in [2.05, 4.69) is 6.92 Å². The highest BCUT2D eigenvalue weighted by Crippen LogP contribution is 2.49. The molecule has 2 fully saturated rings. The molecule has 1 nitrogen and oxygen atoms in total. The lowest BCUT2D eigenvalue weighted by atomic mass is 9.89. The number of hydrogen-bond donors (Lipinski definition) is 0. The molecule has 0 aromatic rings. The van der Waals surface area contributed by atoms with Gasteiger partial charge in [-0.1, -0.05) is 26.2 Å². The van der Waals surface area contributed by atoms with Crippen molar-refractivity contribution in [1.82, 2.24) is 0 Å². The van der Waals surface area contributed by atoms with Crippen LogP contribution in [0.2, 0.25) is 0 Å². The number of hydrogen-bond acceptors (Lipinski definition) is 1. The summed E-state index contributed by atoms with van der Waals surface area (Å²) in [6.45, 7) is 2.42. The number of fused-ring (bicyclic) bond motifs is 1. The topological polar surface area (TPSA) is 17.1 Å². The largest absolute Gasteiger partial charge is 0.303 e. The molecular formula is C13H22O. The van der Waals surface area contributed by atoms with Crippen molar-refractivity contribution >= 4 is 6.29 Å². The summed E-state index contributed by atoms with van der Waals surface area (Å²) in [6.07, 6.45) is 10.3. The van der Waals surface area contributed by atoms with Crippen LogP contribution in [0.15, 0.2) is 0 Å². The summed E-state index contributed by atoms with van der Waals surface area (Å²) in [4.78, 5) is 10.8. The summed E-state index contributed by atoms with van der Waals surface area (Å²) in [5, 5.41) is 0. The maximum absolute atomic E-state index is 10.8. The summed E-state index contributed by atoms with van der Waals surface area (Å²) in [7, 11) is 0. The Labute approximate surface area is 87.3 Å². The van der Waals surface area contributed by atoms with Gasteiger partial charge in [-0.25, -0.2) is 0 Å². The van der Waals surface area contributed by atoms with Gasteiger partial charge in [0.25, 0.3) is 0 Å². The molecule has 1 heteroatoms. The molecule has 2 rings (SSSR count). The second kappa shape index (κ2) is 4.46. The average molecular weight is 194 g/mol. The Kier molecular flexibility index (Phi) is 3.25. The molecule has 80 valence electrons. The Morgan fingerprint density at radius 2 is 1.86 bits per heavy atom. The van der Waals surface area contributed by atoms with Crippen molar-refractivity contribution in [2.24, 2.45) is 23.7 Å². The molecule has 0 heterocycles. The Bertz CT molecular complexity index is 199. The first-order chi connectivity index (χ1) is 6.81. The number of aldehydes is 1. The van der Waals surface area contributed by atoms with E-state index in [-0.39, 0.29) is 0 Å². The van der Waals surface area contributed by atoms with Gasteiger partial charge in [0.15, 0.2) is 0 Å². The van der Waals surface area contributed by atoms with Gasteiger partial charge < -0.3 is 4.79 Å². The van der Waals surface area contributed by atoms with Crippen molar-refractivity contribution in [3.63, 3.8) is 0 Å². The van der Waals surface area contributed by atoms with Gasteiger partial charge in [0.1, 0.15) is 6.29 Å². The minimum atomic E-state index is 0.379. The summed E-state index contributed by atoms with van der Waals surface area (Å²) in [5.41, 5.74) is 0. The molecule has 0 N–H and O–H groups in total. The van der Waals surface area contributed by atoms with E-state index in [1.807, 2.05) is 0 Å². The minimum absolute atomic E-state index is 0.379. The van der Waals surface area contributed by atoms with Gasteiger partial charge in [0.05, 0.1) is 0 Å². The molecule has 0 bridgehead atoms. The molecule has 14 heavy (non-hydrogen) atoms. The van der Waals surface area contributed by atoms with E-state index in [4.69, 9.17) is 0 Å². The van der Waals surface area contributed by atoms with Gasteiger partial charge in [-0.2, -0.15) is 0 Å². The highest BCUT2D eigenvalue weighted by molar-refractivity contribution is 5.53. The van der Waals surface area contributed by atoms with Crippen molar-refractivity contribution in [3.8, 4) is 0 Å². The van der Waals surface area contributed by atoms with Crippen LogP contribution in [0.5, 0.6) is 0 Å². The maximum Gasteiger partial charge on any atom is 0.123 e. The highest BCUT2D eigenvalue weighted by atomic mass is 16.1. The molecule has 0 aromatic carbocycles. The predicted octanol–water partition coefficient (Wildman–Crippen LogP) is 3.43. The standard InChI is InChI=1S/C13H22O/c1-10-4-2-3-5-11(9-14)6-7-12-8-13(10)12/h9-13H,2-8H2,1H3. The molecule has 2 aliphatic carbocycles. The Balaban J connectivity index is 1.86. The molecule has 0 saturated heterocycles. The zero-order chi connectivity index (χ0) is 9.97. The van der Waals surface area contributed by atoms with Crippen LogP contribution in [0.1, 0.15) is 51.9 Å². The Morgan fingerprint density at radius 3 is 2.64 bits per heavy atom. The van der Waals surface area contributed by atoms with Crippen LogP contribution in [-0.4, -0.2) is 6.29 Å². The van der Waals surface area contributed by atoms with Crippen LogP contribution in [0, 0.1) is 23.7 Å². The fraction of sp³-hybridized carbons (Fsp3) is 0.923. The third kappa shape index (κ3) is 2.37. The Morgan fingerprint density at radius 1 is 1.07 bits per heavy atom. The molecule has 0 aliphatic heterocycles. The molecule has 0 spiro atoms. The van der Waals surface area contributed by atoms with Crippen molar-refractivity contribution in [3.05, 3.63) is 0 Å². The monoisotopic (exact) mass is 194 g/mol. The van der Waals surface area contributed by atoms with Crippen LogP contribution in [0.25, 0.3) is 0 Å². The first-order valence-corrected chi connectivity index (χ1v) is 6.26. The van der Waals surface area contributed by atoms with Gasteiger partial charge in [0, 0.05) is 5.92 Å². The molecule has 0 radical (unpaired) electrons. The summed E-state index contributed by atoms with van der Waals surface area (Å²) in [6, 6.07) is 0. The van der Waals surface area contributed by atoms with Crippen LogP contribution in [-0.2, 0) is 4.79 Å². The van der Waals surface area contributed by atoms with Crippen LogP contribution >= 0.6 is 0 Å². The van der Waals surface area contributed by atoms with Gasteiger partial charge in [-0.3, -0.25) is 0 Å². The third-order valence-corrected chi connectivity index (χ3v) is 4.29. The van der Waals surface area contributed by atoms with Crippen molar-refractivity contribution < 1.29 is 4.79 Å². The van der Waals surface area contributed by atoms with E-state index in [0.29, 0.717) is 5.92 Å². The van der Waals surface area contributed by atoms with Crippen molar-refractivity contribution in [1.29, 1.82) is 0 Å². The number of rotatable bonds is 1. The fourth-order valence-corrected chi connectivity index (χ4v) is 3.10. The van der Waals surface area contributed by atoms with Gasteiger partial charge in [-0.05, 0) is 43.4 Å². The first-order valence-electron chi connectivity index (χ1n) is 6.26. The van der Waals surface area contributed by atoms with Crippen molar-refractivity contribution in [2.75, 3.05) is 0 Å². The smallest absolute Gasteiger partial charge is 0.123 e. The van der Waals surface area contributed by atoms with E-state index in [1.54, 1.807) is 0 Å². The quantitative estimate of drug-likeness (QED) is 0.584. The zero-order valence-corrected chi connectivity index (χ0v) is 9.24. The average Bonchev–Trinajstić information content (AvgIpc) is 2.96. The molecule has 4 atom stereocenters. The van der Waals surface area contributed by atoms with E-state index in [1.165, 1.54) is 38.4 Å². The highest BCUT2D eigenvalue weighted by Gasteiger charge is 2.40. The molecule has 0 amide bonds. The van der Waals surface area contributed by atoms with E-state index < -0.39 is 0 Å². The lowest BCUT2D eigenvalue weighted by molar-refractivity contribution is -0.111. The normalized spacial score (nSPS) is 43.8. The van der Waals surface area contributed by atoms with Crippen LogP contribution in [0.3, 0.4) is 0 Å². The Hall–Kier alpha value is -0.330. The lowest BCUT2D eigenvalue weighted by Gasteiger charge is -2.16. The molecule has 0 aromatic heterocycles. The zero-order valence-electron chi connectivity index (χ0n) is 9.24. The summed E-state index contributed by atoms with van der Waals surface area (Å²) < 4.78 is 0. The van der Waals surface area contributed by atoms with Crippen molar-refractivity contribution in [2.45, 2.75) is 51.9 Å². The molecule has 2 aliphatic rings. The lowest BCUT2D eigenvalue weighted by Crippen LogP contribution is -2.07. The summed E-state index contributed by atoms with van der Waals surface area (Å²) in [5.74, 6) is 3.32. The molecule has 2 saturated carbocycles. The second-order valence-electron chi connectivity index (χ2n) is 5.39. The molecule has 4 unspecified atom stereocenters. The third-order valence-electron chi connectivity index (χ3n) is 4.29. The van der Waals surface area contributed by atoms with E-state index >= 15 is 0 Å². The number of carbonyl (C=O) groups is 1. The van der Waals surface area contributed by atoms with E-state index in [9.17, 15) is 4.79 Å². The van der Waals surface area contributed by atoms with Gasteiger partial charge >= 0.3 is 0 Å². The summed E-state index contributed by atoms with van der Waals surface area (Å²) >= 11 is 0. The SMILES string of the molecule is CC1CCCCC(C=O)CCC2CC12. The van der Waals surface area contributed by atoms with Crippen LogP contribution < -0.4 is 0 Å². The van der Waals surface area contributed by atoms with E-state index in [0.717, 1.165) is 30.6 Å². The predicted molar refractivity (Wildman–Crippen MR) is 58.0 cm³/mol. The maximum atomic E-state index is 10.8. The minimum Gasteiger partial charge on any atom is -0.303 e. The van der Waals surface area contributed by atoms with Gasteiger partial charge in [0.2, 0.25) is 0 Å². The first kappa shape index (κ1) is 10.2. The number of carbonyl (C=O) groups excluding carboxylic acids is 1. The molecular weight excluding hydrogens is 172 g/mol. The van der Waals surface area contributed by atoms with Crippen LogP contribution in [0.4, 0.5) is 0 Å². The van der Waals surface area contributed by atoms with Gasteiger partial charge in [-0.15, -0.1) is 0 Å². The fourth-order valence-electron chi connectivity index (χ4n) is 3.10. The second-order valence-corrected chi connectivity index (χ2v) is 5.39.